The zero-order chi connectivity index (χ0) is 26.2. The van der Waals surface area contributed by atoms with Gasteiger partial charge in [-0.05, 0) is 5.56 Å². The van der Waals surface area contributed by atoms with Gasteiger partial charge in [0.15, 0.2) is 11.6 Å². The number of hydrogen-bond donors (Lipinski definition) is 1. The van der Waals surface area contributed by atoms with Crippen molar-refractivity contribution in [3.8, 4) is 22.8 Å². The molecule has 1 N–H and O–H groups in total. The van der Waals surface area contributed by atoms with Crippen molar-refractivity contribution in [1.29, 1.82) is 0 Å². The third kappa shape index (κ3) is 3.91. The van der Waals surface area contributed by atoms with E-state index in [0.717, 1.165) is 17.1 Å². The van der Waals surface area contributed by atoms with Gasteiger partial charge in [0.05, 0.1) is 48.2 Å². The molecule has 1 aliphatic rings. The van der Waals surface area contributed by atoms with Gasteiger partial charge in [-0.3, -0.25) is 9.59 Å². The first-order valence-corrected chi connectivity index (χ1v) is 12.0. The van der Waals surface area contributed by atoms with Crippen molar-refractivity contribution in [2.24, 2.45) is 0 Å². The van der Waals surface area contributed by atoms with Crippen LogP contribution in [0.25, 0.3) is 28.0 Å². The predicted molar refractivity (Wildman–Crippen MR) is 136 cm³/mol. The predicted octanol–water partition coefficient (Wildman–Crippen LogP) is 2.39. The number of ether oxygens (including phenoxy) is 2. The van der Waals surface area contributed by atoms with Gasteiger partial charge in [0.25, 0.3) is 11.7 Å². The zero-order valence-electron chi connectivity index (χ0n) is 20.8. The van der Waals surface area contributed by atoms with E-state index in [0.29, 0.717) is 41.4 Å². The molecule has 38 heavy (non-hydrogen) atoms. The number of aromatic amines is 1. The van der Waals surface area contributed by atoms with E-state index in [4.69, 9.17) is 9.47 Å². The molecular weight excluding hydrogens is 488 g/mol. The summed E-state index contributed by atoms with van der Waals surface area (Å²) >= 11 is 0. The maximum Gasteiger partial charge on any atom is 0.295 e. The Labute approximate surface area is 216 Å². The molecule has 1 aromatic carbocycles. The highest BCUT2D eigenvalue weighted by molar-refractivity contribution is 6.45. The standard InChI is InChI=1S/C26H24N8O4/c1-37-14-20-30-15-34(31-20)25-23-22(19(38-2)12-29-25)17(10-28-23)24(35)26(36)32-8-9-33-18(11-27-21(33)13-32)16-6-4-3-5-7-16/h3-7,10-12,15,28H,8-9,13-14H2,1-2H3. The first-order chi connectivity index (χ1) is 18.6. The van der Waals surface area contributed by atoms with Crippen LogP contribution < -0.4 is 4.74 Å². The molecule has 0 aliphatic carbocycles. The third-order valence-corrected chi connectivity index (χ3v) is 6.56. The number of benzene rings is 1. The Morgan fingerprint density at radius 2 is 1.89 bits per heavy atom. The van der Waals surface area contributed by atoms with Crippen LogP contribution in [-0.2, 0) is 29.2 Å². The molecule has 12 nitrogen and oxygen atoms in total. The summed E-state index contributed by atoms with van der Waals surface area (Å²) in [4.78, 5) is 44.6. The minimum atomic E-state index is -0.645. The number of nitrogens with zero attached hydrogens (tertiary/aromatic N) is 7. The molecule has 12 heteroatoms. The third-order valence-electron chi connectivity index (χ3n) is 6.56. The fourth-order valence-electron chi connectivity index (χ4n) is 4.74. The van der Waals surface area contributed by atoms with Gasteiger partial charge in [-0.15, -0.1) is 5.10 Å². The van der Waals surface area contributed by atoms with Gasteiger partial charge in [0.2, 0.25) is 0 Å². The lowest BCUT2D eigenvalue weighted by Gasteiger charge is -2.28. The van der Waals surface area contributed by atoms with Crippen LogP contribution >= 0.6 is 0 Å². The van der Waals surface area contributed by atoms with Gasteiger partial charge in [-0.25, -0.2) is 19.6 Å². The van der Waals surface area contributed by atoms with Crippen molar-refractivity contribution < 1.29 is 19.1 Å². The lowest BCUT2D eigenvalue weighted by Crippen LogP contribution is -2.42. The number of Topliss-reactive ketones (excluding diaryl/α,β-unsaturated/α-hetero) is 1. The maximum atomic E-state index is 13.5. The minimum absolute atomic E-state index is 0.196. The zero-order valence-corrected chi connectivity index (χ0v) is 20.8. The second-order valence-corrected chi connectivity index (χ2v) is 8.77. The summed E-state index contributed by atoms with van der Waals surface area (Å²) in [5.41, 5.74) is 2.74. The number of aromatic nitrogens is 7. The second kappa shape index (κ2) is 9.56. The van der Waals surface area contributed by atoms with Gasteiger partial charge >= 0.3 is 0 Å². The number of H-pyrrole nitrogens is 1. The number of amides is 1. The van der Waals surface area contributed by atoms with E-state index >= 15 is 0 Å². The first-order valence-electron chi connectivity index (χ1n) is 12.0. The average Bonchev–Trinajstić information content (AvgIpc) is 3.71. The number of carbonyl (C=O) groups excluding carboxylic acids is 2. The highest BCUT2D eigenvalue weighted by atomic mass is 16.5. The Morgan fingerprint density at radius 1 is 1.05 bits per heavy atom. The molecule has 0 unspecified atom stereocenters. The summed E-state index contributed by atoms with van der Waals surface area (Å²) < 4.78 is 14.1. The normalized spacial score (nSPS) is 13.1. The Hall–Kier alpha value is -4.84. The van der Waals surface area contributed by atoms with E-state index in [2.05, 4.69) is 29.6 Å². The Morgan fingerprint density at radius 3 is 2.68 bits per heavy atom. The van der Waals surface area contributed by atoms with Crippen LogP contribution in [0.2, 0.25) is 0 Å². The summed E-state index contributed by atoms with van der Waals surface area (Å²) in [6.07, 6.45) is 6.31. The minimum Gasteiger partial charge on any atom is -0.494 e. The van der Waals surface area contributed by atoms with E-state index in [9.17, 15) is 9.59 Å². The summed E-state index contributed by atoms with van der Waals surface area (Å²) in [6.45, 7) is 1.42. The molecular formula is C26H24N8O4. The van der Waals surface area contributed by atoms with Crippen LogP contribution in [0, 0.1) is 0 Å². The molecule has 6 rings (SSSR count). The van der Waals surface area contributed by atoms with Crippen molar-refractivity contribution in [2.45, 2.75) is 19.7 Å². The lowest BCUT2D eigenvalue weighted by atomic mass is 10.1. The van der Waals surface area contributed by atoms with E-state index < -0.39 is 11.7 Å². The monoisotopic (exact) mass is 512 g/mol. The van der Waals surface area contributed by atoms with Crippen molar-refractivity contribution in [2.75, 3.05) is 20.8 Å². The molecule has 192 valence electrons. The van der Waals surface area contributed by atoms with Gasteiger partial charge in [0.1, 0.15) is 24.5 Å². The number of methoxy groups -OCH3 is 2. The number of rotatable bonds is 7. The summed E-state index contributed by atoms with van der Waals surface area (Å²) in [5.74, 6) is 0.738. The van der Waals surface area contributed by atoms with Gasteiger partial charge < -0.3 is 23.9 Å². The Balaban J connectivity index is 1.30. The van der Waals surface area contributed by atoms with Gasteiger partial charge in [-0.2, -0.15) is 0 Å². The molecule has 0 bridgehead atoms. The molecule has 0 atom stereocenters. The first kappa shape index (κ1) is 23.6. The van der Waals surface area contributed by atoms with Crippen LogP contribution in [-0.4, -0.2) is 71.6 Å². The van der Waals surface area contributed by atoms with Crippen LogP contribution in [0.1, 0.15) is 22.0 Å². The fraction of sp³-hybridized carbons (Fsp3) is 0.231. The summed E-state index contributed by atoms with van der Waals surface area (Å²) in [6, 6.07) is 9.97. The topological polar surface area (TPSA) is 133 Å². The van der Waals surface area contributed by atoms with Crippen LogP contribution in [0.15, 0.2) is 55.2 Å². The quantitative estimate of drug-likeness (QED) is 0.260. The van der Waals surface area contributed by atoms with Crippen LogP contribution in [0.5, 0.6) is 5.75 Å². The molecule has 5 heterocycles. The van der Waals surface area contributed by atoms with Crippen molar-refractivity contribution >= 4 is 22.6 Å². The molecule has 0 fully saturated rings. The van der Waals surface area contributed by atoms with Crippen molar-refractivity contribution in [1.82, 2.24) is 39.2 Å². The molecule has 5 aromatic rings. The molecule has 0 saturated heterocycles. The van der Waals surface area contributed by atoms with Crippen LogP contribution in [0.4, 0.5) is 0 Å². The van der Waals surface area contributed by atoms with E-state index in [1.54, 1.807) is 7.11 Å². The molecule has 0 saturated carbocycles. The number of nitrogens with one attached hydrogen (secondary N) is 1. The Bertz CT molecular complexity index is 1650. The molecule has 1 aliphatic heterocycles. The van der Waals surface area contributed by atoms with Gasteiger partial charge in [0, 0.05) is 26.4 Å². The number of pyridine rings is 1. The largest absolute Gasteiger partial charge is 0.494 e. The lowest BCUT2D eigenvalue weighted by molar-refractivity contribution is -0.127. The van der Waals surface area contributed by atoms with Crippen molar-refractivity contribution in [3.63, 3.8) is 0 Å². The van der Waals surface area contributed by atoms with E-state index in [1.165, 1.54) is 35.4 Å². The highest BCUT2D eigenvalue weighted by Crippen LogP contribution is 2.32. The summed E-state index contributed by atoms with van der Waals surface area (Å²) in [7, 11) is 3.04. The van der Waals surface area contributed by atoms with Crippen LogP contribution in [0.3, 0.4) is 0 Å². The number of hydrogen-bond acceptors (Lipinski definition) is 8. The van der Waals surface area contributed by atoms with Gasteiger partial charge in [-0.1, -0.05) is 30.3 Å². The van der Waals surface area contributed by atoms with E-state index in [-0.39, 0.29) is 18.7 Å². The molecule has 4 aromatic heterocycles. The molecule has 0 spiro atoms. The number of ketones is 1. The number of fused-ring (bicyclic) bond motifs is 2. The number of imidazole rings is 1. The highest BCUT2D eigenvalue weighted by Gasteiger charge is 2.31. The fourth-order valence-corrected chi connectivity index (χ4v) is 4.74. The second-order valence-electron chi connectivity index (χ2n) is 8.77. The molecule has 0 radical (unpaired) electrons. The summed E-state index contributed by atoms with van der Waals surface area (Å²) in [5, 5.41) is 4.82. The van der Waals surface area contributed by atoms with E-state index in [1.807, 2.05) is 36.5 Å². The molecule has 1 amide bonds. The smallest absolute Gasteiger partial charge is 0.295 e. The average molecular weight is 513 g/mol. The number of carbonyl (C=O) groups is 2. The van der Waals surface area contributed by atoms with Crippen molar-refractivity contribution in [3.05, 3.63) is 72.5 Å². The maximum absolute atomic E-state index is 13.5. The Kier molecular flexibility index (Phi) is 5.92. The SMILES string of the molecule is COCc1ncn(-c2ncc(OC)c3c(C(=O)C(=O)N4CCn5c(-c6ccccc6)cnc5C4)c[nH]c23)n1.